The van der Waals surface area contributed by atoms with Crippen LogP contribution in [-0.4, -0.2) is 55.9 Å². The maximum Gasteiger partial charge on any atom is 0.231 e. The van der Waals surface area contributed by atoms with E-state index < -0.39 is 21.8 Å². The Kier molecular flexibility index (Phi) is 3.69. The molecule has 0 aromatic rings. The highest BCUT2D eigenvalue weighted by Gasteiger charge is 2.38. The molecular formula is C8H17N3O3S. The summed E-state index contributed by atoms with van der Waals surface area (Å²) in [6.45, 7) is 2.47. The predicted molar refractivity (Wildman–Crippen MR) is 56.9 cm³/mol. The van der Waals surface area contributed by atoms with Crippen LogP contribution in [-0.2, 0) is 14.6 Å². The first-order valence-electron chi connectivity index (χ1n) is 4.84. The molecular weight excluding hydrogens is 218 g/mol. The fraction of sp³-hybridized carbons (Fsp3) is 0.875. The molecule has 1 amide bonds. The molecule has 4 N–H and O–H groups in total. The van der Waals surface area contributed by atoms with Gasteiger partial charge in [-0.25, -0.2) is 8.42 Å². The summed E-state index contributed by atoms with van der Waals surface area (Å²) >= 11 is 0. The third kappa shape index (κ3) is 3.15. The predicted octanol–water partition coefficient (Wildman–Crippen LogP) is -2.08. The van der Waals surface area contributed by atoms with Crippen molar-refractivity contribution in [2.24, 2.45) is 11.5 Å². The Labute approximate surface area is 89.5 Å². The second kappa shape index (κ2) is 4.46. The Morgan fingerprint density at radius 3 is 2.40 bits per heavy atom. The minimum atomic E-state index is -3.05. The lowest BCUT2D eigenvalue weighted by molar-refractivity contribution is -0.119. The van der Waals surface area contributed by atoms with Crippen LogP contribution in [0.3, 0.4) is 0 Å². The van der Waals surface area contributed by atoms with E-state index in [9.17, 15) is 13.2 Å². The van der Waals surface area contributed by atoms with Gasteiger partial charge < -0.3 is 11.5 Å². The summed E-state index contributed by atoms with van der Waals surface area (Å²) in [5.74, 6) is -0.448. The van der Waals surface area contributed by atoms with E-state index in [2.05, 4.69) is 0 Å². The second-order valence-electron chi connectivity index (χ2n) is 3.84. The fourth-order valence-electron chi connectivity index (χ4n) is 1.90. The van der Waals surface area contributed by atoms with Gasteiger partial charge >= 0.3 is 0 Å². The van der Waals surface area contributed by atoms with Crippen LogP contribution < -0.4 is 11.5 Å². The van der Waals surface area contributed by atoms with Gasteiger partial charge in [0.05, 0.1) is 18.1 Å². The molecule has 1 aliphatic heterocycles. The molecule has 1 saturated heterocycles. The van der Waals surface area contributed by atoms with Crippen LogP contribution in [0.4, 0.5) is 0 Å². The Hall–Kier alpha value is -0.660. The maximum atomic E-state index is 11.3. The number of sulfone groups is 1. The smallest absolute Gasteiger partial charge is 0.231 e. The highest BCUT2D eigenvalue weighted by molar-refractivity contribution is 7.91. The van der Waals surface area contributed by atoms with E-state index in [4.69, 9.17) is 11.5 Å². The van der Waals surface area contributed by atoms with E-state index in [1.807, 2.05) is 6.92 Å². The normalized spacial score (nSPS) is 29.5. The summed E-state index contributed by atoms with van der Waals surface area (Å²) < 4.78 is 22.7. The van der Waals surface area contributed by atoms with Gasteiger partial charge in [-0.05, 0) is 6.54 Å². The van der Waals surface area contributed by atoms with Crippen molar-refractivity contribution in [3.05, 3.63) is 0 Å². The van der Waals surface area contributed by atoms with Gasteiger partial charge in [-0.15, -0.1) is 0 Å². The van der Waals surface area contributed by atoms with Crippen molar-refractivity contribution >= 4 is 15.7 Å². The Morgan fingerprint density at radius 1 is 1.47 bits per heavy atom. The summed E-state index contributed by atoms with van der Waals surface area (Å²) in [7, 11) is -3.05. The summed E-state index contributed by atoms with van der Waals surface area (Å²) in [4.78, 5) is 12.5. The van der Waals surface area contributed by atoms with E-state index in [1.165, 1.54) is 0 Å². The quantitative estimate of drug-likeness (QED) is 0.581. The molecule has 88 valence electrons. The van der Waals surface area contributed by atoms with Crippen LogP contribution in [0.15, 0.2) is 0 Å². The van der Waals surface area contributed by atoms with Crippen molar-refractivity contribution in [2.45, 2.75) is 19.0 Å². The molecule has 0 saturated carbocycles. The van der Waals surface area contributed by atoms with Crippen LogP contribution >= 0.6 is 0 Å². The first kappa shape index (κ1) is 12.4. The number of carbonyl (C=O) groups is 1. The van der Waals surface area contributed by atoms with Gasteiger partial charge in [0, 0.05) is 12.1 Å². The molecule has 2 unspecified atom stereocenters. The molecule has 6 nitrogen and oxygen atoms in total. The van der Waals surface area contributed by atoms with Gasteiger partial charge in [-0.3, -0.25) is 9.69 Å². The molecule has 0 aromatic heterocycles. The van der Waals surface area contributed by atoms with Gasteiger partial charge in [-0.2, -0.15) is 0 Å². The number of rotatable bonds is 4. The Morgan fingerprint density at radius 2 is 2.07 bits per heavy atom. The third-order valence-electron chi connectivity index (χ3n) is 2.60. The molecule has 0 aliphatic carbocycles. The van der Waals surface area contributed by atoms with Gasteiger partial charge in [-0.1, -0.05) is 6.92 Å². The zero-order valence-corrected chi connectivity index (χ0v) is 9.53. The lowest BCUT2D eigenvalue weighted by atomic mass is 10.1. The minimum Gasteiger partial charge on any atom is -0.369 e. The zero-order valence-electron chi connectivity index (χ0n) is 8.72. The summed E-state index contributed by atoms with van der Waals surface area (Å²) in [6, 6.07) is -0.707. The number of primary amides is 1. The molecule has 0 radical (unpaired) electrons. The first-order chi connectivity index (χ1) is 6.85. The first-order valence-corrected chi connectivity index (χ1v) is 6.66. The van der Waals surface area contributed by atoms with Crippen molar-refractivity contribution in [1.82, 2.24) is 4.90 Å². The van der Waals surface area contributed by atoms with E-state index in [1.54, 1.807) is 4.90 Å². The summed E-state index contributed by atoms with van der Waals surface area (Å²) in [5.41, 5.74) is 10.8. The summed E-state index contributed by atoms with van der Waals surface area (Å²) in [5, 5.41) is 0. The monoisotopic (exact) mass is 235 g/mol. The lowest BCUT2D eigenvalue weighted by Crippen LogP contribution is -2.49. The van der Waals surface area contributed by atoms with Crippen molar-refractivity contribution in [2.75, 3.05) is 24.6 Å². The van der Waals surface area contributed by atoms with Gasteiger partial charge in [0.2, 0.25) is 5.91 Å². The molecule has 1 heterocycles. The van der Waals surface area contributed by atoms with E-state index in [-0.39, 0.29) is 24.1 Å². The average molecular weight is 235 g/mol. The number of hydrogen-bond donors (Lipinski definition) is 2. The van der Waals surface area contributed by atoms with Crippen molar-refractivity contribution in [1.29, 1.82) is 0 Å². The van der Waals surface area contributed by atoms with Crippen molar-refractivity contribution in [3.8, 4) is 0 Å². The zero-order chi connectivity index (χ0) is 11.6. The fourth-order valence-corrected chi connectivity index (χ4v) is 3.82. The lowest BCUT2D eigenvalue weighted by Gasteiger charge is -2.27. The van der Waals surface area contributed by atoms with Crippen LogP contribution in [0.5, 0.6) is 0 Å². The average Bonchev–Trinajstić information content (AvgIpc) is 2.35. The Bertz CT molecular complexity index is 341. The highest BCUT2D eigenvalue weighted by Crippen LogP contribution is 2.16. The molecule has 0 bridgehead atoms. The number of amides is 1. The van der Waals surface area contributed by atoms with Crippen molar-refractivity contribution < 1.29 is 13.2 Å². The van der Waals surface area contributed by atoms with Crippen LogP contribution in [0.2, 0.25) is 0 Å². The summed E-state index contributed by atoms with van der Waals surface area (Å²) in [6.07, 6.45) is 0. The third-order valence-corrected chi connectivity index (χ3v) is 4.34. The molecule has 0 spiro atoms. The Balaban J connectivity index is 2.73. The van der Waals surface area contributed by atoms with Crippen LogP contribution in [0, 0.1) is 0 Å². The topological polar surface area (TPSA) is 106 Å². The number of likely N-dealkylation sites (N-methyl/N-ethyl adjacent to an activating group) is 1. The second-order valence-corrected chi connectivity index (χ2v) is 5.99. The molecule has 1 fully saturated rings. The largest absolute Gasteiger partial charge is 0.369 e. The molecule has 1 rings (SSSR count). The standard InChI is InChI=1S/C8H17N3O3S/c1-2-11(3-8(10)12)7-5-15(13,14)4-6(7)9/h6-7H,2-5,9H2,1H3,(H2,10,12). The van der Waals surface area contributed by atoms with E-state index in [0.717, 1.165) is 0 Å². The molecule has 2 atom stereocenters. The van der Waals surface area contributed by atoms with Crippen molar-refractivity contribution in [3.63, 3.8) is 0 Å². The van der Waals surface area contributed by atoms with E-state index in [0.29, 0.717) is 6.54 Å². The minimum absolute atomic E-state index is 0.00702. The number of nitrogens with zero attached hydrogens (tertiary/aromatic N) is 1. The molecule has 15 heavy (non-hydrogen) atoms. The van der Waals surface area contributed by atoms with Crippen LogP contribution in [0.1, 0.15) is 6.92 Å². The number of carbonyl (C=O) groups excluding carboxylic acids is 1. The van der Waals surface area contributed by atoms with Crippen LogP contribution in [0.25, 0.3) is 0 Å². The highest BCUT2D eigenvalue weighted by atomic mass is 32.2. The number of hydrogen-bond acceptors (Lipinski definition) is 5. The number of nitrogens with two attached hydrogens (primary N) is 2. The van der Waals surface area contributed by atoms with E-state index >= 15 is 0 Å². The van der Waals surface area contributed by atoms with Gasteiger partial charge in [0.25, 0.3) is 0 Å². The molecule has 7 heteroatoms. The van der Waals surface area contributed by atoms with Gasteiger partial charge in [0.15, 0.2) is 9.84 Å². The SMILES string of the molecule is CCN(CC(N)=O)C1CS(=O)(=O)CC1N. The molecule has 0 aromatic carbocycles. The maximum absolute atomic E-state index is 11.3. The van der Waals surface area contributed by atoms with Gasteiger partial charge in [0.1, 0.15) is 0 Å². The molecule has 1 aliphatic rings.